The van der Waals surface area contributed by atoms with Gasteiger partial charge in [-0.15, -0.1) is 11.6 Å². The Balaban J connectivity index is 2.25. The lowest BCUT2D eigenvalue weighted by molar-refractivity contribution is -0.119. The maximum absolute atomic E-state index is 11.2. The van der Waals surface area contributed by atoms with Gasteiger partial charge in [-0.3, -0.25) is 10.1 Å². The van der Waals surface area contributed by atoms with E-state index in [1.165, 1.54) is 6.92 Å². The van der Waals surface area contributed by atoms with E-state index in [0.717, 1.165) is 12.8 Å². The number of hydrogen-bond donors (Lipinski definition) is 2. The summed E-state index contributed by atoms with van der Waals surface area (Å²) in [6.45, 7) is 1.52. The Morgan fingerprint density at radius 1 is 1.43 bits per heavy atom. The third-order valence-corrected chi connectivity index (χ3v) is 2.14. The lowest BCUT2D eigenvalue weighted by Gasteiger charge is -2.12. The van der Waals surface area contributed by atoms with E-state index in [0.29, 0.717) is 0 Å². The van der Waals surface area contributed by atoms with E-state index in [1.54, 1.807) is 0 Å². The largest absolute Gasteiger partial charge is 0.334 e. The highest BCUT2D eigenvalue weighted by atomic mass is 35.5. The molecule has 0 fully saturated rings. The molecule has 1 unspecified atom stereocenters. The van der Waals surface area contributed by atoms with Crippen molar-refractivity contribution in [3.63, 3.8) is 0 Å². The van der Waals surface area contributed by atoms with Crippen molar-refractivity contribution in [3.8, 4) is 0 Å². The number of urea groups is 1. The van der Waals surface area contributed by atoms with Crippen LogP contribution < -0.4 is 10.6 Å². The van der Waals surface area contributed by atoms with Crippen molar-refractivity contribution in [1.82, 2.24) is 10.6 Å². The van der Waals surface area contributed by atoms with Gasteiger partial charge in [0.1, 0.15) is 5.38 Å². The van der Waals surface area contributed by atoms with Gasteiger partial charge in [0.25, 0.3) is 0 Å². The van der Waals surface area contributed by atoms with E-state index in [2.05, 4.69) is 10.6 Å². The molecule has 4 nitrogen and oxygen atoms in total. The summed E-state index contributed by atoms with van der Waals surface area (Å²) in [5, 5.41) is 4.14. The molecule has 0 heterocycles. The Hall–Kier alpha value is -1.03. The summed E-state index contributed by atoms with van der Waals surface area (Å²) in [5.74, 6) is -0.477. The van der Waals surface area contributed by atoms with Crippen LogP contribution in [-0.2, 0) is 4.79 Å². The molecule has 0 aromatic rings. The minimum Gasteiger partial charge on any atom is -0.334 e. The number of halogens is 1. The summed E-state index contributed by atoms with van der Waals surface area (Å²) in [6.07, 6.45) is 5.63. The molecule has 14 heavy (non-hydrogen) atoms. The second kappa shape index (κ2) is 5.00. The van der Waals surface area contributed by atoms with Crippen LogP contribution in [0.4, 0.5) is 4.79 Å². The van der Waals surface area contributed by atoms with Crippen LogP contribution in [0.2, 0.25) is 0 Å². The van der Waals surface area contributed by atoms with E-state index < -0.39 is 17.3 Å². The van der Waals surface area contributed by atoms with Gasteiger partial charge in [0.05, 0.1) is 0 Å². The molecule has 3 amide bonds. The lowest BCUT2D eigenvalue weighted by atomic mass is 10.2. The first kappa shape index (κ1) is 11.0. The van der Waals surface area contributed by atoms with Crippen LogP contribution >= 0.6 is 11.6 Å². The summed E-state index contributed by atoms with van der Waals surface area (Å²) in [5.41, 5.74) is 0. The standard InChI is InChI=1S/C9H13ClN2O2/c1-6(10)8(13)12-9(14)11-7-4-2-3-5-7/h2-3,6-7H,4-5H2,1H3,(H2,11,12,13,14). The Morgan fingerprint density at radius 3 is 2.50 bits per heavy atom. The van der Waals surface area contributed by atoms with Crippen LogP contribution in [0.25, 0.3) is 0 Å². The average molecular weight is 217 g/mol. The Morgan fingerprint density at radius 2 is 2.00 bits per heavy atom. The first-order valence-corrected chi connectivity index (χ1v) is 4.93. The molecule has 0 bridgehead atoms. The lowest BCUT2D eigenvalue weighted by Crippen LogP contribution is -2.45. The third kappa shape index (κ3) is 3.38. The molecule has 0 saturated carbocycles. The van der Waals surface area contributed by atoms with E-state index >= 15 is 0 Å². The summed E-state index contributed by atoms with van der Waals surface area (Å²) >= 11 is 5.48. The summed E-state index contributed by atoms with van der Waals surface area (Å²) in [4.78, 5) is 22.2. The molecule has 0 aliphatic heterocycles. The highest BCUT2D eigenvalue weighted by Crippen LogP contribution is 2.08. The zero-order valence-electron chi connectivity index (χ0n) is 7.92. The maximum atomic E-state index is 11.2. The predicted molar refractivity (Wildman–Crippen MR) is 54.2 cm³/mol. The highest BCUT2D eigenvalue weighted by molar-refractivity contribution is 6.31. The SMILES string of the molecule is CC(Cl)C(=O)NC(=O)NC1CC=CC1. The maximum Gasteiger partial charge on any atom is 0.321 e. The zero-order valence-corrected chi connectivity index (χ0v) is 8.67. The van der Waals surface area contributed by atoms with Gasteiger partial charge < -0.3 is 5.32 Å². The Kier molecular flexibility index (Phi) is 3.95. The smallest absolute Gasteiger partial charge is 0.321 e. The van der Waals surface area contributed by atoms with Gasteiger partial charge >= 0.3 is 6.03 Å². The van der Waals surface area contributed by atoms with Gasteiger partial charge in [-0.2, -0.15) is 0 Å². The molecule has 1 aliphatic carbocycles. The van der Waals surface area contributed by atoms with Crippen molar-refractivity contribution in [3.05, 3.63) is 12.2 Å². The molecule has 2 N–H and O–H groups in total. The van der Waals surface area contributed by atoms with Crippen LogP contribution in [0, 0.1) is 0 Å². The Bertz CT molecular complexity index is 256. The van der Waals surface area contributed by atoms with Crippen LogP contribution in [0.15, 0.2) is 12.2 Å². The molecule has 0 radical (unpaired) electrons. The van der Waals surface area contributed by atoms with Gasteiger partial charge in [0, 0.05) is 6.04 Å². The van der Waals surface area contributed by atoms with Crippen LogP contribution in [0.3, 0.4) is 0 Å². The number of amides is 3. The van der Waals surface area contributed by atoms with Gasteiger partial charge in [-0.25, -0.2) is 4.79 Å². The van der Waals surface area contributed by atoms with E-state index in [9.17, 15) is 9.59 Å². The van der Waals surface area contributed by atoms with Crippen molar-refractivity contribution < 1.29 is 9.59 Å². The van der Waals surface area contributed by atoms with Crippen molar-refractivity contribution in [2.75, 3.05) is 0 Å². The average Bonchev–Trinajstić information content (AvgIpc) is 2.56. The molecule has 5 heteroatoms. The summed E-state index contributed by atoms with van der Waals surface area (Å²) in [6, 6.07) is -0.371. The molecule has 0 aromatic heterocycles. The summed E-state index contributed by atoms with van der Waals surface area (Å²) in [7, 11) is 0. The minimum absolute atomic E-state index is 0.105. The van der Waals surface area contributed by atoms with Crippen LogP contribution in [0.5, 0.6) is 0 Å². The molecule has 78 valence electrons. The van der Waals surface area contributed by atoms with Crippen molar-refractivity contribution in [2.45, 2.75) is 31.2 Å². The second-order valence-corrected chi connectivity index (χ2v) is 3.87. The van der Waals surface area contributed by atoms with Crippen LogP contribution in [-0.4, -0.2) is 23.4 Å². The monoisotopic (exact) mass is 216 g/mol. The Labute approximate surface area is 87.7 Å². The predicted octanol–water partition coefficient (Wildman–Crippen LogP) is 1.16. The van der Waals surface area contributed by atoms with E-state index in [-0.39, 0.29) is 6.04 Å². The number of carbonyl (C=O) groups is 2. The molecular formula is C9H13ClN2O2. The number of alkyl halides is 1. The van der Waals surface area contributed by atoms with Crippen LogP contribution in [0.1, 0.15) is 19.8 Å². The van der Waals surface area contributed by atoms with E-state index in [1.807, 2.05) is 12.2 Å². The number of carbonyl (C=O) groups excluding carboxylic acids is 2. The molecule has 0 saturated heterocycles. The minimum atomic E-state index is -0.692. The zero-order chi connectivity index (χ0) is 10.6. The fraction of sp³-hybridized carbons (Fsp3) is 0.556. The summed E-state index contributed by atoms with van der Waals surface area (Å²) < 4.78 is 0. The van der Waals surface area contributed by atoms with Gasteiger partial charge in [-0.05, 0) is 19.8 Å². The number of nitrogens with one attached hydrogen (secondary N) is 2. The normalized spacial score (nSPS) is 17.9. The first-order chi connectivity index (χ1) is 6.59. The number of hydrogen-bond acceptors (Lipinski definition) is 2. The van der Waals surface area contributed by atoms with Crippen molar-refractivity contribution >= 4 is 23.5 Å². The highest BCUT2D eigenvalue weighted by Gasteiger charge is 2.16. The molecule has 1 aliphatic rings. The number of imide groups is 1. The quantitative estimate of drug-likeness (QED) is 0.538. The first-order valence-electron chi connectivity index (χ1n) is 4.50. The molecular weight excluding hydrogens is 204 g/mol. The molecule has 1 rings (SSSR count). The van der Waals surface area contributed by atoms with Crippen molar-refractivity contribution in [1.29, 1.82) is 0 Å². The van der Waals surface area contributed by atoms with Crippen molar-refractivity contribution in [2.24, 2.45) is 0 Å². The topological polar surface area (TPSA) is 58.2 Å². The number of rotatable bonds is 2. The molecule has 0 aromatic carbocycles. The third-order valence-electron chi connectivity index (χ3n) is 1.94. The van der Waals surface area contributed by atoms with Gasteiger partial charge in [0.15, 0.2) is 0 Å². The fourth-order valence-corrected chi connectivity index (χ4v) is 1.22. The van der Waals surface area contributed by atoms with Gasteiger partial charge in [-0.1, -0.05) is 12.2 Å². The van der Waals surface area contributed by atoms with Gasteiger partial charge in [0.2, 0.25) is 5.91 Å². The molecule has 0 spiro atoms. The second-order valence-electron chi connectivity index (χ2n) is 3.22. The fourth-order valence-electron chi connectivity index (χ4n) is 1.17. The molecule has 1 atom stereocenters. The van der Waals surface area contributed by atoms with E-state index in [4.69, 9.17) is 11.6 Å².